The van der Waals surface area contributed by atoms with E-state index >= 15 is 0 Å². The van der Waals surface area contributed by atoms with Crippen molar-refractivity contribution in [2.75, 3.05) is 46.3 Å². The smallest absolute Gasteiger partial charge is 0.251 e. The summed E-state index contributed by atoms with van der Waals surface area (Å²) >= 11 is 12.1. The van der Waals surface area contributed by atoms with Crippen LogP contribution < -0.4 is 5.32 Å². The Kier molecular flexibility index (Phi) is 8.13. The Morgan fingerprint density at radius 1 is 1.03 bits per heavy atom. The summed E-state index contributed by atoms with van der Waals surface area (Å²) in [4.78, 5) is 17.1. The lowest BCUT2D eigenvalue weighted by Crippen LogP contribution is -2.45. The van der Waals surface area contributed by atoms with Crippen molar-refractivity contribution in [3.8, 4) is 0 Å². The van der Waals surface area contributed by atoms with Crippen LogP contribution in [-0.4, -0.2) is 62.0 Å². The number of nitrogens with zero attached hydrogens (tertiary/aromatic N) is 2. The second kappa shape index (κ2) is 10.8. The number of rotatable bonds is 7. The molecule has 1 saturated heterocycles. The molecule has 0 spiro atoms. The molecule has 1 heterocycles. The maximum atomic E-state index is 12.3. The highest BCUT2D eigenvalue weighted by Gasteiger charge is 2.13. The number of amides is 1. The molecule has 1 aliphatic heterocycles. The number of carbonyl (C=O) groups excluding carboxylic acids is 1. The van der Waals surface area contributed by atoms with Crippen LogP contribution in [0.5, 0.6) is 0 Å². The van der Waals surface area contributed by atoms with Gasteiger partial charge in [0.2, 0.25) is 0 Å². The van der Waals surface area contributed by atoms with E-state index in [1.807, 2.05) is 48.6 Å². The summed E-state index contributed by atoms with van der Waals surface area (Å²) in [5.41, 5.74) is 2.58. The molecule has 0 saturated carbocycles. The number of hydrogen-bond acceptors (Lipinski definition) is 3. The van der Waals surface area contributed by atoms with E-state index in [0.29, 0.717) is 22.2 Å². The van der Waals surface area contributed by atoms with Gasteiger partial charge in [-0.15, -0.1) is 0 Å². The second-order valence-electron chi connectivity index (χ2n) is 7.38. The summed E-state index contributed by atoms with van der Waals surface area (Å²) in [7, 11) is 2.16. The van der Waals surface area contributed by atoms with Gasteiger partial charge in [0, 0.05) is 48.3 Å². The highest BCUT2D eigenvalue weighted by molar-refractivity contribution is 6.35. The van der Waals surface area contributed by atoms with Gasteiger partial charge in [0.1, 0.15) is 0 Å². The third-order valence-corrected chi connectivity index (χ3v) is 5.69. The van der Waals surface area contributed by atoms with Crippen LogP contribution in [0.1, 0.15) is 27.9 Å². The van der Waals surface area contributed by atoms with Gasteiger partial charge in [-0.25, -0.2) is 0 Å². The molecular weight excluding hydrogens is 405 g/mol. The van der Waals surface area contributed by atoms with E-state index in [4.69, 9.17) is 23.2 Å². The van der Waals surface area contributed by atoms with E-state index in [9.17, 15) is 4.79 Å². The van der Waals surface area contributed by atoms with Crippen LogP contribution in [0.3, 0.4) is 0 Å². The van der Waals surface area contributed by atoms with Gasteiger partial charge in [-0.2, -0.15) is 0 Å². The minimum atomic E-state index is -0.0281. The van der Waals surface area contributed by atoms with Crippen molar-refractivity contribution >= 4 is 41.3 Å². The van der Waals surface area contributed by atoms with E-state index in [1.165, 1.54) is 0 Å². The molecule has 0 aliphatic carbocycles. The quantitative estimate of drug-likeness (QED) is 0.516. The lowest BCUT2D eigenvalue weighted by Gasteiger charge is -2.32. The molecule has 2 aromatic rings. The van der Waals surface area contributed by atoms with Gasteiger partial charge in [-0.1, -0.05) is 53.6 Å². The number of hydrogen-bond donors (Lipinski definition) is 1. The molecule has 1 fully saturated rings. The van der Waals surface area contributed by atoms with Crippen LogP contribution >= 0.6 is 23.2 Å². The number of nitrogens with one attached hydrogen (secondary N) is 1. The maximum Gasteiger partial charge on any atom is 0.251 e. The molecule has 29 heavy (non-hydrogen) atoms. The minimum absolute atomic E-state index is 0.0281. The van der Waals surface area contributed by atoms with Crippen molar-refractivity contribution in [2.45, 2.75) is 6.42 Å². The number of likely N-dealkylation sites (N-methyl/N-ethyl adjacent to an activating group) is 1. The first kappa shape index (κ1) is 21.8. The molecule has 0 bridgehead atoms. The summed E-state index contributed by atoms with van der Waals surface area (Å²) < 4.78 is 0. The molecule has 0 unspecified atom stereocenters. The van der Waals surface area contributed by atoms with Gasteiger partial charge < -0.3 is 15.1 Å². The third-order valence-electron chi connectivity index (χ3n) is 5.12. The van der Waals surface area contributed by atoms with Gasteiger partial charge in [0.25, 0.3) is 5.91 Å². The average Bonchev–Trinajstić information content (AvgIpc) is 2.72. The topological polar surface area (TPSA) is 35.6 Å². The zero-order valence-electron chi connectivity index (χ0n) is 16.7. The van der Waals surface area contributed by atoms with Crippen LogP contribution in [0, 0.1) is 0 Å². The number of carbonyl (C=O) groups is 1. The molecule has 1 amide bonds. The fraction of sp³-hybridized carbons (Fsp3) is 0.348. The number of benzene rings is 2. The minimum Gasteiger partial charge on any atom is -0.352 e. The van der Waals surface area contributed by atoms with E-state index < -0.39 is 0 Å². The predicted molar refractivity (Wildman–Crippen MR) is 123 cm³/mol. The number of piperazine rings is 1. The summed E-state index contributed by atoms with van der Waals surface area (Å²) in [5.74, 6) is -0.0281. The molecule has 2 aromatic carbocycles. The predicted octanol–water partition coefficient (Wildman–Crippen LogP) is 4.53. The van der Waals surface area contributed by atoms with Gasteiger partial charge in [-0.05, 0) is 55.4 Å². The van der Waals surface area contributed by atoms with Crippen molar-refractivity contribution in [1.82, 2.24) is 15.1 Å². The van der Waals surface area contributed by atoms with Gasteiger partial charge in [0.05, 0.1) is 0 Å². The van der Waals surface area contributed by atoms with E-state index in [2.05, 4.69) is 22.2 Å². The molecule has 6 heteroatoms. The fourth-order valence-electron chi connectivity index (χ4n) is 3.25. The molecule has 0 atom stereocenters. The molecule has 0 radical (unpaired) electrons. The lowest BCUT2D eigenvalue weighted by atomic mass is 10.1. The Balaban J connectivity index is 1.44. The number of halogens is 2. The largest absolute Gasteiger partial charge is 0.352 e. The fourth-order valence-corrected chi connectivity index (χ4v) is 3.72. The van der Waals surface area contributed by atoms with Crippen molar-refractivity contribution in [1.29, 1.82) is 0 Å². The van der Waals surface area contributed by atoms with Crippen LogP contribution in [0.4, 0.5) is 0 Å². The first-order valence-corrected chi connectivity index (χ1v) is 10.7. The Morgan fingerprint density at radius 2 is 1.76 bits per heavy atom. The van der Waals surface area contributed by atoms with E-state index in [0.717, 1.165) is 50.3 Å². The highest BCUT2D eigenvalue weighted by atomic mass is 35.5. The lowest BCUT2D eigenvalue weighted by molar-refractivity contribution is 0.0949. The van der Waals surface area contributed by atoms with Crippen LogP contribution in [0.15, 0.2) is 42.5 Å². The van der Waals surface area contributed by atoms with Crippen LogP contribution in [0.2, 0.25) is 10.0 Å². The monoisotopic (exact) mass is 431 g/mol. The van der Waals surface area contributed by atoms with Crippen molar-refractivity contribution in [3.05, 3.63) is 69.2 Å². The Bertz CT molecular complexity index is 844. The van der Waals surface area contributed by atoms with E-state index in [1.54, 1.807) is 6.07 Å². The standard InChI is InChI=1S/C23H27Cl2N3O/c1-27-13-15-28(16-14-27)12-2-11-26-23(29)20-7-4-18(5-8-20)3-6-19-9-10-21(24)17-22(19)25/h3-10,17H,2,11-16H2,1H3,(H,26,29)/b6-3+. The third kappa shape index (κ3) is 6.86. The maximum absolute atomic E-state index is 12.3. The normalized spacial score (nSPS) is 15.7. The summed E-state index contributed by atoms with van der Waals surface area (Å²) in [5, 5.41) is 4.24. The van der Waals surface area contributed by atoms with Gasteiger partial charge >= 0.3 is 0 Å². The molecule has 1 N–H and O–H groups in total. The van der Waals surface area contributed by atoms with Crippen molar-refractivity contribution in [2.24, 2.45) is 0 Å². The molecule has 0 aromatic heterocycles. The molecular formula is C23H27Cl2N3O. The first-order chi connectivity index (χ1) is 14.0. The summed E-state index contributed by atoms with van der Waals surface area (Å²) in [6.07, 6.45) is 4.87. The van der Waals surface area contributed by atoms with Crippen molar-refractivity contribution in [3.63, 3.8) is 0 Å². The molecule has 4 nitrogen and oxygen atoms in total. The molecule has 3 rings (SSSR count). The average molecular weight is 432 g/mol. The Labute approximate surface area is 183 Å². The summed E-state index contributed by atoms with van der Waals surface area (Å²) in [6.45, 7) is 6.20. The van der Waals surface area contributed by atoms with Gasteiger partial charge in [0.15, 0.2) is 0 Å². The molecule has 154 valence electrons. The zero-order chi connectivity index (χ0) is 20.6. The molecule has 1 aliphatic rings. The van der Waals surface area contributed by atoms with E-state index in [-0.39, 0.29) is 5.91 Å². The second-order valence-corrected chi connectivity index (χ2v) is 8.22. The SMILES string of the molecule is CN1CCN(CCCNC(=O)c2ccc(/C=C/c3ccc(Cl)cc3Cl)cc2)CC1. The van der Waals surface area contributed by atoms with Crippen LogP contribution in [-0.2, 0) is 0 Å². The Morgan fingerprint density at radius 3 is 2.45 bits per heavy atom. The summed E-state index contributed by atoms with van der Waals surface area (Å²) in [6, 6.07) is 13.0. The Hall–Kier alpha value is -1.85. The first-order valence-electron chi connectivity index (χ1n) is 9.93. The van der Waals surface area contributed by atoms with Crippen molar-refractivity contribution < 1.29 is 4.79 Å². The highest BCUT2D eigenvalue weighted by Crippen LogP contribution is 2.22. The van der Waals surface area contributed by atoms with Gasteiger partial charge in [-0.3, -0.25) is 4.79 Å². The zero-order valence-corrected chi connectivity index (χ0v) is 18.2. The van der Waals surface area contributed by atoms with Crippen LogP contribution in [0.25, 0.3) is 12.2 Å².